The third-order valence-corrected chi connectivity index (χ3v) is 4.56. The van der Waals surface area contributed by atoms with Crippen LogP contribution in [0.1, 0.15) is 19.8 Å². The topological polar surface area (TPSA) is 63.4 Å². The standard InChI is InChI=1S/C12H16F4N2O2S/c1-2-3-6-18(8-12(14,15)16)21(19,20)9-4-5-10(13)11(17)7-9/h4-5,7H,2-3,6,8,17H2,1H3. The van der Waals surface area contributed by atoms with E-state index in [9.17, 15) is 26.0 Å². The Kier molecular flexibility index (Phi) is 5.57. The number of unbranched alkanes of at least 4 members (excludes halogenated alkanes) is 1. The molecule has 9 heteroatoms. The van der Waals surface area contributed by atoms with Crippen LogP contribution in [0.2, 0.25) is 0 Å². The normalized spacial score (nSPS) is 12.9. The van der Waals surface area contributed by atoms with Crippen LogP contribution in [-0.2, 0) is 10.0 Å². The lowest BCUT2D eigenvalue weighted by Crippen LogP contribution is -2.39. The van der Waals surface area contributed by atoms with Gasteiger partial charge in [0.2, 0.25) is 10.0 Å². The number of halogens is 4. The second-order valence-electron chi connectivity index (χ2n) is 4.49. The largest absolute Gasteiger partial charge is 0.402 e. The average Bonchev–Trinajstić information content (AvgIpc) is 2.36. The zero-order chi connectivity index (χ0) is 16.3. The molecule has 1 aromatic carbocycles. The summed E-state index contributed by atoms with van der Waals surface area (Å²) in [6.07, 6.45) is -3.84. The highest BCUT2D eigenvalue weighted by Gasteiger charge is 2.36. The molecule has 0 aliphatic carbocycles. The van der Waals surface area contributed by atoms with E-state index in [0.717, 1.165) is 18.2 Å². The van der Waals surface area contributed by atoms with Gasteiger partial charge in [0.25, 0.3) is 0 Å². The maximum absolute atomic E-state index is 13.0. The minimum absolute atomic E-state index is 0.268. The summed E-state index contributed by atoms with van der Waals surface area (Å²) in [6, 6.07) is 2.53. The van der Waals surface area contributed by atoms with E-state index in [1.54, 1.807) is 6.92 Å². The van der Waals surface area contributed by atoms with E-state index in [1.807, 2.05) is 0 Å². The molecule has 120 valence electrons. The predicted octanol–water partition coefficient (Wildman–Crippen LogP) is 2.76. The van der Waals surface area contributed by atoms with Crippen molar-refractivity contribution in [3.63, 3.8) is 0 Å². The van der Waals surface area contributed by atoms with Gasteiger partial charge in [-0.05, 0) is 24.6 Å². The van der Waals surface area contributed by atoms with Gasteiger partial charge in [-0.2, -0.15) is 17.5 Å². The van der Waals surface area contributed by atoms with Crippen molar-refractivity contribution in [3.8, 4) is 0 Å². The monoisotopic (exact) mass is 328 g/mol. The first-order chi connectivity index (χ1) is 9.58. The minimum atomic E-state index is -4.66. The number of sulfonamides is 1. The maximum Gasteiger partial charge on any atom is 0.402 e. The van der Waals surface area contributed by atoms with Crippen molar-refractivity contribution in [2.24, 2.45) is 0 Å². The lowest BCUT2D eigenvalue weighted by atomic mass is 10.3. The van der Waals surface area contributed by atoms with Crippen LogP contribution in [0.15, 0.2) is 23.1 Å². The molecule has 4 nitrogen and oxygen atoms in total. The molecule has 1 rings (SSSR count). The molecular formula is C12H16F4N2O2S. The Hall–Kier alpha value is -1.35. The summed E-state index contributed by atoms with van der Waals surface area (Å²) in [5.74, 6) is -0.829. The fourth-order valence-corrected chi connectivity index (χ4v) is 3.15. The van der Waals surface area contributed by atoms with Crippen molar-refractivity contribution in [2.45, 2.75) is 30.8 Å². The second-order valence-corrected chi connectivity index (χ2v) is 6.43. The third kappa shape index (κ3) is 4.85. The van der Waals surface area contributed by atoms with Crippen LogP contribution in [0.3, 0.4) is 0 Å². The summed E-state index contributed by atoms with van der Waals surface area (Å²) in [4.78, 5) is -0.457. The Balaban J connectivity index is 3.16. The van der Waals surface area contributed by atoms with Crippen LogP contribution >= 0.6 is 0 Å². The molecule has 1 aromatic rings. The average molecular weight is 328 g/mol. The van der Waals surface area contributed by atoms with Gasteiger partial charge in [0.15, 0.2) is 0 Å². The minimum Gasteiger partial charge on any atom is -0.396 e. The van der Waals surface area contributed by atoms with Gasteiger partial charge in [0, 0.05) is 6.54 Å². The van der Waals surface area contributed by atoms with Gasteiger partial charge < -0.3 is 5.73 Å². The van der Waals surface area contributed by atoms with Gasteiger partial charge >= 0.3 is 6.18 Å². The molecule has 0 bridgehead atoms. The van der Waals surface area contributed by atoms with E-state index < -0.39 is 39.1 Å². The summed E-state index contributed by atoms with van der Waals surface area (Å²) < 4.78 is 75.4. The van der Waals surface area contributed by atoms with Crippen molar-refractivity contribution in [1.29, 1.82) is 0 Å². The van der Waals surface area contributed by atoms with Crippen LogP contribution in [0, 0.1) is 5.82 Å². The summed E-state index contributed by atoms with van der Waals surface area (Å²) in [5, 5.41) is 0. The first kappa shape index (κ1) is 17.7. The molecule has 0 heterocycles. The molecule has 0 aliphatic rings. The Labute approximate surface area is 120 Å². The molecule has 0 atom stereocenters. The Bertz CT molecular complexity index is 587. The molecular weight excluding hydrogens is 312 g/mol. The van der Waals surface area contributed by atoms with Gasteiger partial charge in [-0.3, -0.25) is 0 Å². The molecule has 21 heavy (non-hydrogen) atoms. The van der Waals surface area contributed by atoms with Crippen LogP contribution in [-0.4, -0.2) is 32.0 Å². The zero-order valence-electron chi connectivity index (χ0n) is 11.3. The van der Waals surface area contributed by atoms with E-state index in [1.165, 1.54) is 0 Å². The van der Waals surface area contributed by atoms with Gasteiger partial charge in [0.05, 0.1) is 10.6 Å². The van der Waals surface area contributed by atoms with Crippen molar-refractivity contribution in [2.75, 3.05) is 18.8 Å². The number of alkyl halides is 3. The number of nitrogens with two attached hydrogens (primary N) is 1. The van der Waals surface area contributed by atoms with Gasteiger partial charge in [-0.25, -0.2) is 12.8 Å². The number of anilines is 1. The van der Waals surface area contributed by atoms with E-state index in [0.29, 0.717) is 10.7 Å². The summed E-state index contributed by atoms with van der Waals surface area (Å²) >= 11 is 0. The van der Waals surface area contributed by atoms with E-state index in [2.05, 4.69) is 0 Å². The smallest absolute Gasteiger partial charge is 0.396 e. The first-order valence-corrected chi connectivity index (χ1v) is 7.64. The molecule has 0 aromatic heterocycles. The van der Waals surface area contributed by atoms with Crippen molar-refractivity contribution in [3.05, 3.63) is 24.0 Å². The van der Waals surface area contributed by atoms with Crippen LogP contribution in [0.25, 0.3) is 0 Å². The summed E-state index contributed by atoms with van der Waals surface area (Å²) in [5.41, 5.74) is 4.83. The van der Waals surface area contributed by atoms with E-state index >= 15 is 0 Å². The third-order valence-electron chi connectivity index (χ3n) is 2.72. The van der Waals surface area contributed by atoms with Gasteiger partial charge in [0.1, 0.15) is 12.4 Å². The Morgan fingerprint density at radius 1 is 1.29 bits per heavy atom. The van der Waals surface area contributed by atoms with Crippen LogP contribution in [0.5, 0.6) is 0 Å². The molecule has 0 amide bonds. The molecule has 0 saturated heterocycles. The SMILES string of the molecule is CCCCN(CC(F)(F)F)S(=O)(=O)c1ccc(F)c(N)c1. The lowest BCUT2D eigenvalue weighted by Gasteiger charge is -2.23. The summed E-state index contributed by atoms with van der Waals surface area (Å²) in [7, 11) is -4.38. The summed E-state index contributed by atoms with van der Waals surface area (Å²) in [6.45, 7) is -0.128. The Morgan fingerprint density at radius 2 is 1.90 bits per heavy atom. The first-order valence-electron chi connectivity index (χ1n) is 6.20. The maximum atomic E-state index is 13.0. The van der Waals surface area contributed by atoms with Crippen molar-refractivity contribution in [1.82, 2.24) is 4.31 Å². The molecule has 0 radical (unpaired) electrons. The number of nitrogens with zero attached hydrogens (tertiary/aromatic N) is 1. The fourth-order valence-electron chi connectivity index (χ4n) is 1.65. The number of nitrogen functional groups attached to an aromatic ring is 1. The molecule has 0 unspecified atom stereocenters. The number of benzene rings is 1. The molecule has 0 saturated carbocycles. The number of rotatable bonds is 6. The quantitative estimate of drug-likeness (QED) is 0.645. The van der Waals surface area contributed by atoms with E-state index in [4.69, 9.17) is 5.73 Å². The molecule has 0 fully saturated rings. The second kappa shape index (κ2) is 6.61. The Morgan fingerprint density at radius 3 is 2.38 bits per heavy atom. The highest BCUT2D eigenvalue weighted by Crippen LogP contribution is 2.25. The molecule has 2 N–H and O–H groups in total. The van der Waals surface area contributed by atoms with Crippen LogP contribution < -0.4 is 5.73 Å². The van der Waals surface area contributed by atoms with Crippen LogP contribution in [0.4, 0.5) is 23.2 Å². The highest BCUT2D eigenvalue weighted by molar-refractivity contribution is 7.89. The predicted molar refractivity (Wildman–Crippen MR) is 70.5 cm³/mol. The zero-order valence-corrected chi connectivity index (χ0v) is 12.1. The van der Waals surface area contributed by atoms with Gasteiger partial charge in [-0.15, -0.1) is 0 Å². The highest BCUT2D eigenvalue weighted by atomic mass is 32.2. The molecule has 0 aliphatic heterocycles. The number of hydrogen-bond donors (Lipinski definition) is 1. The van der Waals surface area contributed by atoms with Crippen molar-refractivity contribution >= 4 is 15.7 Å². The van der Waals surface area contributed by atoms with E-state index in [-0.39, 0.29) is 13.0 Å². The van der Waals surface area contributed by atoms with Gasteiger partial charge in [-0.1, -0.05) is 13.3 Å². The fraction of sp³-hybridized carbons (Fsp3) is 0.500. The lowest BCUT2D eigenvalue weighted by molar-refractivity contribution is -0.136. The number of hydrogen-bond acceptors (Lipinski definition) is 3. The van der Waals surface area contributed by atoms with Crippen molar-refractivity contribution < 1.29 is 26.0 Å². The molecule has 0 spiro atoms.